The van der Waals surface area contributed by atoms with E-state index in [9.17, 15) is 10.1 Å². The minimum Gasteiger partial charge on any atom is -0.378 e. The molecule has 1 heterocycles. The van der Waals surface area contributed by atoms with Gasteiger partial charge in [-0.05, 0) is 19.1 Å². The Balaban J connectivity index is 2.06. The number of nitro groups is 1. The Morgan fingerprint density at radius 1 is 1.44 bits per heavy atom. The molecule has 0 bridgehead atoms. The number of nitrogens with zero attached hydrogens (tertiary/aromatic N) is 3. The summed E-state index contributed by atoms with van der Waals surface area (Å²) < 4.78 is 4.84. The molecule has 0 aliphatic rings. The Labute approximate surface area is 103 Å². The maximum Gasteiger partial charge on any atom is 0.272 e. The predicted octanol–water partition coefficient (Wildman–Crippen LogP) is 2.21. The monoisotopic (exact) mass is 248 g/mol. The standard InChI is InChI=1S/C11H12N4O3/c1-7-5-9(3-4-10(7)15(16)17)12-6-11-13-8(2)18-14-11/h3-5,12H,6H2,1-2H3. The topological polar surface area (TPSA) is 94.1 Å². The highest BCUT2D eigenvalue weighted by molar-refractivity contribution is 5.53. The Morgan fingerprint density at radius 2 is 2.22 bits per heavy atom. The van der Waals surface area contributed by atoms with Gasteiger partial charge in [-0.2, -0.15) is 4.98 Å². The summed E-state index contributed by atoms with van der Waals surface area (Å²) in [5.74, 6) is 1.05. The van der Waals surface area contributed by atoms with E-state index in [1.165, 1.54) is 6.07 Å². The quantitative estimate of drug-likeness (QED) is 0.658. The van der Waals surface area contributed by atoms with E-state index in [4.69, 9.17) is 4.52 Å². The fourth-order valence-electron chi connectivity index (χ4n) is 1.56. The van der Waals surface area contributed by atoms with Gasteiger partial charge >= 0.3 is 0 Å². The molecule has 0 amide bonds. The summed E-state index contributed by atoms with van der Waals surface area (Å²) in [6.45, 7) is 3.82. The highest BCUT2D eigenvalue weighted by atomic mass is 16.6. The molecule has 1 aromatic heterocycles. The van der Waals surface area contributed by atoms with Gasteiger partial charge in [-0.3, -0.25) is 10.1 Å². The molecule has 7 nitrogen and oxygen atoms in total. The van der Waals surface area contributed by atoms with Crippen molar-refractivity contribution in [1.29, 1.82) is 0 Å². The van der Waals surface area contributed by atoms with Crippen LogP contribution in [0.15, 0.2) is 22.7 Å². The first-order chi connectivity index (χ1) is 8.56. The number of rotatable bonds is 4. The first-order valence-electron chi connectivity index (χ1n) is 5.34. The summed E-state index contributed by atoms with van der Waals surface area (Å²) in [6.07, 6.45) is 0. The van der Waals surface area contributed by atoms with E-state index >= 15 is 0 Å². The highest BCUT2D eigenvalue weighted by Gasteiger charge is 2.10. The van der Waals surface area contributed by atoms with E-state index < -0.39 is 4.92 Å². The van der Waals surface area contributed by atoms with Gasteiger partial charge in [0.2, 0.25) is 5.89 Å². The van der Waals surface area contributed by atoms with Crippen molar-refractivity contribution in [3.63, 3.8) is 0 Å². The van der Waals surface area contributed by atoms with Crippen molar-refractivity contribution < 1.29 is 9.45 Å². The van der Waals surface area contributed by atoms with Crippen LogP contribution in [0.1, 0.15) is 17.3 Å². The molecule has 7 heteroatoms. The van der Waals surface area contributed by atoms with Crippen LogP contribution >= 0.6 is 0 Å². The molecular formula is C11H12N4O3. The number of aromatic nitrogens is 2. The molecule has 1 aromatic carbocycles. The molecule has 0 fully saturated rings. The number of aryl methyl sites for hydroxylation is 2. The molecule has 0 atom stereocenters. The van der Waals surface area contributed by atoms with Gasteiger partial charge in [-0.15, -0.1) is 0 Å². The molecule has 94 valence electrons. The summed E-state index contributed by atoms with van der Waals surface area (Å²) in [5, 5.41) is 17.5. The fourth-order valence-corrected chi connectivity index (χ4v) is 1.56. The van der Waals surface area contributed by atoms with Crippen LogP contribution < -0.4 is 5.32 Å². The van der Waals surface area contributed by atoms with Gasteiger partial charge in [-0.25, -0.2) is 0 Å². The van der Waals surface area contributed by atoms with Crippen LogP contribution in [-0.4, -0.2) is 15.1 Å². The van der Waals surface area contributed by atoms with Crippen molar-refractivity contribution in [1.82, 2.24) is 10.1 Å². The maximum atomic E-state index is 10.7. The van der Waals surface area contributed by atoms with Gasteiger partial charge in [0.1, 0.15) is 0 Å². The molecule has 0 unspecified atom stereocenters. The van der Waals surface area contributed by atoms with Gasteiger partial charge in [0.15, 0.2) is 5.82 Å². The van der Waals surface area contributed by atoms with Gasteiger partial charge < -0.3 is 9.84 Å². The third-order valence-electron chi connectivity index (χ3n) is 2.41. The second-order valence-electron chi connectivity index (χ2n) is 3.84. The minimum atomic E-state index is -0.401. The van der Waals surface area contributed by atoms with Crippen molar-refractivity contribution in [2.24, 2.45) is 0 Å². The third-order valence-corrected chi connectivity index (χ3v) is 2.41. The molecular weight excluding hydrogens is 236 g/mol. The van der Waals surface area contributed by atoms with E-state index in [0.29, 0.717) is 23.8 Å². The molecule has 0 aliphatic heterocycles. The molecule has 0 saturated heterocycles. The number of nitro benzene ring substituents is 1. The van der Waals surface area contributed by atoms with Crippen LogP contribution in [0.4, 0.5) is 11.4 Å². The second-order valence-corrected chi connectivity index (χ2v) is 3.84. The average molecular weight is 248 g/mol. The Kier molecular flexibility index (Phi) is 3.22. The SMILES string of the molecule is Cc1nc(CNc2ccc([N+](=O)[O-])c(C)c2)no1. The lowest BCUT2D eigenvalue weighted by atomic mass is 10.2. The van der Waals surface area contributed by atoms with Crippen molar-refractivity contribution >= 4 is 11.4 Å². The largest absolute Gasteiger partial charge is 0.378 e. The molecule has 2 aromatic rings. The number of hydrogen-bond donors (Lipinski definition) is 1. The molecule has 0 aliphatic carbocycles. The number of benzene rings is 1. The predicted molar refractivity (Wildman–Crippen MR) is 64.2 cm³/mol. The van der Waals surface area contributed by atoms with Crippen LogP contribution in [-0.2, 0) is 6.54 Å². The van der Waals surface area contributed by atoms with Crippen molar-refractivity contribution in [3.05, 3.63) is 45.6 Å². The smallest absolute Gasteiger partial charge is 0.272 e. The van der Waals surface area contributed by atoms with E-state index in [1.807, 2.05) is 0 Å². The Morgan fingerprint density at radius 3 is 2.78 bits per heavy atom. The van der Waals surface area contributed by atoms with Crippen LogP contribution in [0.25, 0.3) is 0 Å². The Hall–Kier alpha value is -2.44. The summed E-state index contributed by atoms with van der Waals surface area (Å²) in [7, 11) is 0. The number of anilines is 1. The van der Waals surface area contributed by atoms with Crippen molar-refractivity contribution in [3.8, 4) is 0 Å². The lowest BCUT2D eigenvalue weighted by Crippen LogP contribution is -2.02. The summed E-state index contributed by atoms with van der Waals surface area (Å²) in [6, 6.07) is 4.84. The van der Waals surface area contributed by atoms with Crippen molar-refractivity contribution in [2.75, 3.05) is 5.32 Å². The van der Waals surface area contributed by atoms with E-state index in [1.54, 1.807) is 26.0 Å². The van der Waals surface area contributed by atoms with Crippen LogP contribution in [0.2, 0.25) is 0 Å². The molecule has 18 heavy (non-hydrogen) atoms. The fraction of sp³-hybridized carbons (Fsp3) is 0.273. The van der Waals surface area contributed by atoms with Crippen molar-refractivity contribution in [2.45, 2.75) is 20.4 Å². The van der Waals surface area contributed by atoms with Gasteiger partial charge in [-0.1, -0.05) is 5.16 Å². The summed E-state index contributed by atoms with van der Waals surface area (Å²) in [4.78, 5) is 14.3. The zero-order chi connectivity index (χ0) is 13.1. The van der Waals surface area contributed by atoms with Crippen LogP contribution in [0, 0.1) is 24.0 Å². The molecule has 2 rings (SSSR count). The van der Waals surface area contributed by atoms with Gasteiger partial charge in [0, 0.05) is 24.2 Å². The zero-order valence-corrected chi connectivity index (χ0v) is 10.0. The molecule has 0 radical (unpaired) electrons. The number of nitrogens with one attached hydrogen (secondary N) is 1. The average Bonchev–Trinajstić information content (AvgIpc) is 2.72. The minimum absolute atomic E-state index is 0.107. The lowest BCUT2D eigenvalue weighted by molar-refractivity contribution is -0.385. The first-order valence-corrected chi connectivity index (χ1v) is 5.34. The van der Waals surface area contributed by atoms with E-state index in [0.717, 1.165) is 5.69 Å². The van der Waals surface area contributed by atoms with Gasteiger partial charge in [0.05, 0.1) is 11.5 Å². The summed E-state index contributed by atoms with van der Waals surface area (Å²) in [5.41, 5.74) is 1.49. The zero-order valence-electron chi connectivity index (χ0n) is 10.0. The third kappa shape index (κ3) is 2.62. The highest BCUT2D eigenvalue weighted by Crippen LogP contribution is 2.21. The summed E-state index contributed by atoms with van der Waals surface area (Å²) >= 11 is 0. The lowest BCUT2D eigenvalue weighted by Gasteiger charge is -2.04. The molecule has 0 saturated carbocycles. The molecule has 1 N–H and O–H groups in total. The van der Waals surface area contributed by atoms with Gasteiger partial charge in [0.25, 0.3) is 5.69 Å². The maximum absolute atomic E-state index is 10.7. The second kappa shape index (κ2) is 4.82. The number of hydrogen-bond acceptors (Lipinski definition) is 6. The van der Waals surface area contributed by atoms with E-state index in [-0.39, 0.29) is 5.69 Å². The van der Waals surface area contributed by atoms with Crippen LogP contribution in [0.3, 0.4) is 0 Å². The van der Waals surface area contributed by atoms with E-state index in [2.05, 4.69) is 15.5 Å². The van der Waals surface area contributed by atoms with Crippen LogP contribution in [0.5, 0.6) is 0 Å². The molecule has 0 spiro atoms. The first kappa shape index (κ1) is 12.0. The Bertz CT molecular complexity index is 579. The normalized spacial score (nSPS) is 10.3.